The van der Waals surface area contributed by atoms with Crippen LogP contribution in [0.3, 0.4) is 0 Å². The summed E-state index contributed by atoms with van der Waals surface area (Å²) in [6, 6.07) is 6.56. The zero-order chi connectivity index (χ0) is 12.8. The third kappa shape index (κ3) is 4.53. The summed E-state index contributed by atoms with van der Waals surface area (Å²) in [5.41, 5.74) is -1.23. The van der Waals surface area contributed by atoms with E-state index in [-0.39, 0.29) is 0 Å². The fourth-order valence-corrected chi connectivity index (χ4v) is 0.967. The van der Waals surface area contributed by atoms with Gasteiger partial charge in [-0.2, -0.15) is 0 Å². The lowest BCUT2D eigenvalue weighted by atomic mass is 10.1. The van der Waals surface area contributed by atoms with Crippen LogP contribution in [0.1, 0.15) is 27.7 Å². The first-order valence-electron chi connectivity index (χ1n) is 5.10. The molecule has 90 valence electrons. The van der Waals surface area contributed by atoms with Gasteiger partial charge in [-0.15, -0.1) is 0 Å². The predicted octanol–water partition coefficient (Wildman–Crippen LogP) is 3.61. The SMILES string of the molecule is CC.CC(C)(Oc1ccc(Cl)cc1)C(=O)O. The van der Waals surface area contributed by atoms with Crippen LogP contribution in [0.15, 0.2) is 24.3 Å². The first-order chi connectivity index (χ1) is 7.42. The quantitative estimate of drug-likeness (QED) is 0.884. The number of carboxylic acid groups (broad SMARTS) is 1. The van der Waals surface area contributed by atoms with Crippen molar-refractivity contribution in [3.05, 3.63) is 29.3 Å². The molecule has 3 nitrogen and oxygen atoms in total. The summed E-state index contributed by atoms with van der Waals surface area (Å²) in [7, 11) is 0. The topological polar surface area (TPSA) is 46.5 Å². The zero-order valence-corrected chi connectivity index (χ0v) is 10.7. The number of rotatable bonds is 3. The summed E-state index contributed by atoms with van der Waals surface area (Å²) >= 11 is 5.67. The number of carboxylic acids is 1. The molecule has 0 fully saturated rings. The van der Waals surface area contributed by atoms with Crippen LogP contribution < -0.4 is 4.74 Å². The second-order valence-corrected chi connectivity index (χ2v) is 3.81. The second-order valence-electron chi connectivity index (χ2n) is 3.37. The Morgan fingerprint density at radius 2 is 1.69 bits per heavy atom. The third-order valence-electron chi connectivity index (χ3n) is 1.70. The van der Waals surface area contributed by atoms with Crippen molar-refractivity contribution < 1.29 is 14.6 Å². The lowest BCUT2D eigenvalue weighted by molar-refractivity contribution is -0.152. The van der Waals surface area contributed by atoms with Crippen molar-refractivity contribution in [2.75, 3.05) is 0 Å². The fourth-order valence-electron chi connectivity index (χ4n) is 0.841. The highest BCUT2D eigenvalue weighted by molar-refractivity contribution is 6.30. The third-order valence-corrected chi connectivity index (χ3v) is 1.95. The summed E-state index contributed by atoms with van der Waals surface area (Å²) in [4.78, 5) is 10.7. The van der Waals surface area contributed by atoms with Gasteiger partial charge in [0.15, 0.2) is 5.60 Å². The predicted molar refractivity (Wildman–Crippen MR) is 65.1 cm³/mol. The molecule has 0 saturated carbocycles. The average Bonchev–Trinajstić information content (AvgIpc) is 2.24. The van der Waals surface area contributed by atoms with Crippen molar-refractivity contribution in [2.45, 2.75) is 33.3 Å². The van der Waals surface area contributed by atoms with Crippen LogP contribution in [-0.4, -0.2) is 16.7 Å². The average molecular weight is 245 g/mol. The molecule has 0 aliphatic heterocycles. The van der Waals surface area contributed by atoms with Crippen molar-refractivity contribution in [1.29, 1.82) is 0 Å². The molecule has 0 saturated heterocycles. The van der Waals surface area contributed by atoms with E-state index >= 15 is 0 Å². The zero-order valence-electron chi connectivity index (χ0n) is 9.95. The van der Waals surface area contributed by atoms with Gasteiger partial charge >= 0.3 is 5.97 Å². The highest BCUT2D eigenvalue weighted by Crippen LogP contribution is 2.20. The van der Waals surface area contributed by atoms with Crippen LogP contribution in [0.25, 0.3) is 0 Å². The first-order valence-corrected chi connectivity index (χ1v) is 5.47. The van der Waals surface area contributed by atoms with Crippen molar-refractivity contribution in [1.82, 2.24) is 0 Å². The number of benzene rings is 1. The summed E-state index contributed by atoms with van der Waals surface area (Å²) < 4.78 is 5.26. The van der Waals surface area contributed by atoms with Crippen LogP contribution >= 0.6 is 11.6 Å². The van der Waals surface area contributed by atoms with Crippen molar-refractivity contribution >= 4 is 17.6 Å². The number of halogens is 1. The van der Waals surface area contributed by atoms with Gasteiger partial charge in [-0.3, -0.25) is 0 Å². The van der Waals surface area contributed by atoms with E-state index in [1.165, 1.54) is 13.8 Å². The molecular weight excluding hydrogens is 228 g/mol. The molecule has 16 heavy (non-hydrogen) atoms. The van der Waals surface area contributed by atoms with Crippen LogP contribution in [0, 0.1) is 0 Å². The van der Waals surface area contributed by atoms with Gasteiger partial charge < -0.3 is 9.84 Å². The maximum atomic E-state index is 10.7. The van der Waals surface area contributed by atoms with Gasteiger partial charge in [0.25, 0.3) is 0 Å². The molecular formula is C12H17ClO3. The molecule has 1 aromatic carbocycles. The summed E-state index contributed by atoms with van der Waals surface area (Å²) in [5.74, 6) is -0.519. The number of hydrogen-bond donors (Lipinski definition) is 1. The van der Waals surface area contributed by atoms with Crippen LogP contribution in [-0.2, 0) is 4.79 Å². The molecule has 0 aromatic heterocycles. The molecule has 1 N–H and O–H groups in total. The first kappa shape index (κ1) is 14.8. The fraction of sp³-hybridized carbons (Fsp3) is 0.417. The van der Waals surface area contributed by atoms with Crippen molar-refractivity contribution in [2.24, 2.45) is 0 Å². The highest BCUT2D eigenvalue weighted by atomic mass is 35.5. The lowest BCUT2D eigenvalue weighted by Crippen LogP contribution is -2.37. The summed E-state index contributed by atoms with van der Waals surface area (Å²) in [6.45, 7) is 6.98. The maximum absolute atomic E-state index is 10.7. The van der Waals surface area contributed by atoms with Gasteiger partial charge in [0, 0.05) is 5.02 Å². The van der Waals surface area contributed by atoms with E-state index in [9.17, 15) is 4.79 Å². The molecule has 1 rings (SSSR count). The summed E-state index contributed by atoms with van der Waals surface area (Å²) in [5, 5.41) is 9.39. The number of aliphatic carboxylic acids is 1. The van der Waals surface area contributed by atoms with E-state index in [0.29, 0.717) is 10.8 Å². The second kappa shape index (κ2) is 6.38. The van der Waals surface area contributed by atoms with Crippen LogP contribution in [0.2, 0.25) is 5.02 Å². The Hall–Kier alpha value is -1.22. The van der Waals surface area contributed by atoms with Gasteiger partial charge in [-0.05, 0) is 38.1 Å². The normalized spacial score (nSPS) is 10.1. The monoisotopic (exact) mass is 244 g/mol. The van der Waals surface area contributed by atoms with E-state index in [1.807, 2.05) is 13.8 Å². The number of hydrogen-bond acceptors (Lipinski definition) is 2. The van der Waals surface area contributed by atoms with E-state index in [1.54, 1.807) is 24.3 Å². The minimum atomic E-state index is -1.23. The highest BCUT2D eigenvalue weighted by Gasteiger charge is 2.29. The Kier molecular flexibility index (Phi) is 5.89. The molecule has 0 spiro atoms. The Balaban J connectivity index is 0.00000106. The summed E-state index contributed by atoms with van der Waals surface area (Å²) in [6.07, 6.45) is 0. The molecule has 1 aromatic rings. The molecule has 4 heteroatoms. The van der Waals surface area contributed by atoms with Gasteiger partial charge in [-0.25, -0.2) is 4.79 Å². The minimum absolute atomic E-state index is 0.488. The van der Waals surface area contributed by atoms with E-state index < -0.39 is 11.6 Å². The maximum Gasteiger partial charge on any atom is 0.347 e. The standard InChI is InChI=1S/C10H11ClO3.C2H6/c1-10(2,9(12)13)14-8-5-3-7(11)4-6-8;1-2/h3-6H,1-2H3,(H,12,13);1-2H3. The number of ether oxygens (including phenoxy) is 1. The molecule has 0 aliphatic carbocycles. The number of carbonyl (C=O) groups is 1. The van der Waals surface area contributed by atoms with Gasteiger partial charge in [0.1, 0.15) is 5.75 Å². The molecule has 0 radical (unpaired) electrons. The lowest BCUT2D eigenvalue weighted by Gasteiger charge is -2.21. The van der Waals surface area contributed by atoms with Crippen molar-refractivity contribution in [3.8, 4) is 5.75 Å². The van der Waals surface area contributed by atoms with Crippen LogP contribution in [0.5, 0.6) is 5.75 Å². The van der Waals surface area contributed by atoms with Gasteiger partial charge in [0.2, 0.25) is 0 Å². The molecule has 0 unspecified atom stereocenters. The Morgan fingerprint density at radius 1 is 1.25 bits per heavy atom. The molecule has 0 aliphatic rings. The molecule has 0 amide bonds. The van der Waals surface area contributed by atoms with Gasteiger partial charge in [0.05, 0.1) is 0 Å². The molecule has 0 bridgehead atoms. The van der Waals surface area contributed by atoms with Gasteiger partial charge in [-0.1, -0.05) is 25.4 Å². The van der Waals surface area contributed by atoms with E-state index in [0.717, 1.165) is 0 Å². The minimum Gasteiger partial charge on any atom is -0.478 e. The Labute approximate surface area is 101 Å². The largest absolute Gasteiger partial charge is 0.478 e. The smallest absolute Gasteiger partial charge is 0.347 e. The molecule has 0 heterocycles. The Bertz CT molecular complexity index is 331. The molecule has 0 atom stereocenters. The van der Waals surface area contributed by atoms with E-state index in [4.69, 9.17) is 21.4 Å². The van der Waals surface area contributed by atoms with E-state index in [2.05, 4.69) is 0 Å². The van der Waals surface area contributed by atoms with Crippen molar-refractivity contribution in [3.63, 3.8) is 0 Å². The Morgan fingerprint density at radius 3 is 2.06 bits per heavy atom. The van der Waals surface area contributed by atoms with Crippen LogP contribution in [0.4, 0.5) is 0 Å².